The monoisotopic (exact) mass is 497 g/mol. The quantitative estimate of drug-likeness (QED) is 0.260. The first-order valence-electron chi connectivity index (χ1n) is 10.4. The third kappa shape index (κ3) is 3.68. The maximum Gasteiger partial charge on any atom is 0.345 e. The summed E-state index contributed by atoms with van der Waals surface area (Å²) in [6.45, 7) is 0.211. The van der Waals surface area contributed by atoms with Crippen LogP contribution in [0, 0.1) is 0 Å². The Bertz CT molecular complexity index is 1570. The van der Waals surface area contributed by atoms with Crippen molar-refractivity contribution in [2.45, 2.75) is 0 Å². The lowest BCUT2D eigenvalue weighted by Gasteiger charge is -2.11. The van der Waals surface area contributed by atoms with Crippen molar-refractivity contribution in [2.24, 2.45) is 0 Å². The van der Waals surface area contributed by atoms with E-state index in [-0.39, 0.29) is 6.79 Å². The van der Waals surface area contributed by atoms with Crippen molar-refractivity contribution in [3.05, 3.63) is 99.8 Å². The van der Waals surface area contributed by atoms with Gasteiger partial charge in [-0.15, -0.1) is 0 Å². The van der Waals surface area contributed by atoms with Gasteiger partial charge in [-0.05, 0) is 59.7 Å². The van der Waals surface area contributed by atoms with Gasteiger partial charge in [0, 0.05) is 15.4 Å². The third-order valence-corrected chi connectivity index (χ3v) is 6.12. The Hall–Kier alpha value is -3.90. The first-order chi connectivity index (χ1) is 16.1. The fourth-order valence-electron chi connectivity index (χ4n) is 3.92. The van der Waals surface area contributed by atoms with Crippen LogP contribution in [0.3, 0.4) is 0 Å². The summed E-state index contributed by atoms with van der Waals surface area (Å²) in [6.07, 6.45) is 0. The van der Waals surface area contributed by atoms with Gasteiger partial charge in [0.05, 0.1) is 17.0 Å². The highest BCUT2D eigenvalue weighted by atomic mass is 79.9. The van der Waals surface area contributed by atoms with Crippen LogP contribution in [0.2, 0.25) is 0 Å². The zero-order valence-electron chi connectivity index (χ0n) is 17.2. The van der Waals surface area contributed by atoms with Gasteiger partial charge < -0.3 is 13.9 Å². The third-order valence-electron chi connectivity index (χ3n) is 5.59. The molecule has 0 unspecified atom stereocenters. The number of rotatable bonds is 3. The number of ether oxygens (including phenoxy) is 2. The molecule has 3 heterocycles. The molecule has 3 aromatic carbocycles. The molecular formula is C27H16BrNO4. The van der Waals surface area contributed by atoms with Crippen LogP contribution in [0.4, 0.5) is 0 Å². The number of nitrogens with zero attached hydrogens (tertiary/aromatic N) is 1. The van der Waals surface area contributed by atoms with Crippen molar-refractivity contribution in [3.8, 4) is 45.1 Å². The zero-order valence-corrected chi connectivity index (χ0v) is 18.8. The van der Waals surface area contributed by atoms with Gasteiger partial charge in [0.2, 0.25) is 6.79 Å². The highest BCUT2D eigenvalue weighted by Gasteiger charge is 2.17. The molecule has 0 N–H and O–H groups in total. The van der Waals surface area contributed by atoms with E-state index in [4.69, 9.17) is 18.9 Å². The molecule has 0 saturated carbocycles. The summed E-state index contributed by atoms with van der Waals surface area (Å²) in [4.78, 5) is 17.7. The molecule has 0 radical (unpaired) electrons. The van der Waals surface area contributed by atoms with Crippen LogP contribution in [0.1, 0.15) is 0 Å². The highest BCUT2D eigenvalue weighted by Crippen LogP contribution is 2.37. The first kappa shape index (κ1) is 19.8. The van der Waals surface area contributed by atoms with E-state index in [9.17, 15) is 4.79 Å². The molecule has 0 amide bonds. The fourth-order valence-corrected chi connectivity index (χ4v) is 4.18. The molecule has 0 saturated heterocycles. The molecule has 6 rings (SSSR count). The normalized spacial score (nSPS) is 12.3. The number of pyridine rings is 1. The number of para-hydroxylation sites is 1. The minimum Gasteiger partial charge on any atom is -0.454 e. The van der Waals surface area contributed by atoms with Crippen LogP contribution in [-0.4, -0.2) is 11.8 Å². The standard InChI is InChI=1S/C27H16BrNO4/c28-20-8-5-16(6-9-20)22-12-19(17-7-10-25-26(14-17)32-15-31-25)13-23(29-22)21-11-18-3-1-2-4-24(18)33-27(21)30/h1-14H,15H2. The smallest absolute Gasteiger partial charge is 0.345 e. The van der Waals surface area contributed by atoms with E-state index in [1.54, 1.807) is 6.07 Å². The van der Waals surface area contributed by atoms with E-state index in [1.807, 2.05) is 78.9 Å². The van der Waals surface area contributed by atoms with Crippen LogP contribution in [0.25, 0.3) is 44.6 Å². The second-order valence-corrected chi connectivity index (χ2v) is 8.60. The molecule has 1 aliphatic rings. The van der Waals surface area contributed by atoms with Crippen LogP contribution in [-0.2, 0) is 0 Å². The van der Waals surface area contributed by atoms with Gasteiger partial charge in [-0.2, -0.15) is 0 Å². The average Bonchev–Trinajstić information content (AvgIpc) is 3.32. The second-order valence-electron chi connectivity index (χ2n) is 7.69. The lowest BCUT2D eigenvalue weighted by Crippen LogP contribution is -2.04. The van der Waals surface area contributed by atoms with Crippen molar-refractivity contribution in [2.75, 3.05) is 6.79 Å². The molecule has 5 aromatic rings. The summed E-state index contributed by atoms with van der Waals surface area (Å²) in [5, 5.41) is 0.840. The predicted molar refractivity (Wildman–Crippen MR) is 130 cm³/mol. The summed E-state index contributed by atoms with van der Waals surface area (Å²) < 4.78 is 17.6. The predicted octanol–water partition coefficient (Wildman–Crippen LogP) is 6.68. The number of hydrogen-bond acceptors (Lipinski definition) is 5. The molecule has 0 spiro atoms. The Labute approximate surface area is 197 Å². The molecule has 0 bridgehead atoms. The Kier molecular flexibility index (Phi) is 4.73. The summed E-state index contributed by atoms with van der Waals surface area (Å²) in [5.74, 6) is 1.41. The van der Waals surface area contributed by atoms with E-state index in [0.717, 1.165) is 38.0 Å². The van der Waals surface area contributed by atoms with Crippen molar-refractivity contribution in [3.63, 3.8) is 0 Å². The number of benzene rings is 3. The molecule has 2 aromatic heterocycles. The second kappa shape index (κ2) is 7.90. The SMILES string of the molecule is O=c1oc2ccccc2cc1-c1cc(-c2ccc3c(c2)OCO3)cc(-c2ccc(Br)cc2)n1. The molecule has 0 fully saturated rings. The minimum atomic E-state index is -0.425. The van der Waals surface area contributed by atoms with Crippen LogP contribution >= 0.6 is 15.9 Å². The van der Waals surface area contributed by atoms with Crippen molar-refractivity contribution in [1.82, 2.24) is 4.98 Å². The van der Waals surface area contributed by atoms with Gasteiger partial charge >= 0.3 is 5.63 Å². The molecule has 6 heteroatoms. The molecule has 33 heavy (non-hydrogen) atoms. The van der Waals surface area contributed by atoms with Crippen LogP contribution < -0.4 is 15.1 Å². The number of fused-ring (bicyclic) bond motifs is 2. The number of halogens is 1. The maximum absolute atomic E-state index is 12.9. The molecule has 160 valence electrons. The fraction of sp³-hybridized carbons (Fsp3) is 0.0370. The van der Waals surface area contributed by atoms with E-state index in [0.29, 0.717) is 22.6 Å². The Morgan fingerprint density at radius 1 is 0.727 bits per heavy atom. The number of hydrogen-bond donors (Lipinski definition) is 0. The molecule has 5 nitrogen and oxygen atoms in total. The van der Waals surface area contributed by atoms with Gasteiger partial charge in [0.1, 0.15) is 5.58 Å². The molecule has 0 aliphatic carbocycles. The largest absolute Gasteiger partial charge is 0.454 e. The Balaban J connectivity index is 1.57. The van der Waals surface area contributed by atoms with Gasteiger partial charge in [0.25, 0.3) is 0 Å². The van der Waals surface area contributed by atoms with Gasteiger partial charge in [-0.1, -0.05) is 52.3 Å². The minimum absolute atomic E-state index is 0.211. The Morgan fingerprint density at radius 2 is 1.48 bits per heavy atom. The highest BCUT2D eigenvalue weighted by molar-refractivity contribution is 9.10. The Morgan fingerprint density at radius 3 is 2.36 bits per heavy atom. The van der Waals surface area contributed by atoms with Gasteiger partial charge in [-0.25, -0.2) is 9.78 Å². The zero-order chi connectivity index (χ0) is 22.4. The van der Waals surface area contributed by atoms with E-state index in [2.05, 4.69) is 15.9 Å². The molecule has 1 aliphatic heterocycles. The van der Waals surface area contributed by atoms with Crippen molar-refractivity contribution >= 4 is 26.9 Å². The average molecular weight is 498 g/mol. The topological polar surface area (TPSA) is 61.6 Å². The van der Waals surface area contributed by atoms with Crippen molar-refractivity contribution < 1.29 is 13.9 Å². The van der Waals surface area contributed by atoms with Gasteiger partial charge in [0.15, 0.2) is 11.5 Å². The first-order valence-corrected chi connectivity index (χ1v) is 11.1. The maximum atomic E-state index is 12.9. The molecule has 0 atom stereocenters. The summed E-state index contributed by atoms with van der Waals surface area (Å²) in [5.41, 5.74) is 4.61. The van der Waals surface area contributed by atoms with E-state index in [1.165, 1.54) is 0 Å². The lowest BCUT2D eigenvalue weighted by atomic mass is 10.00. The van der Waals surface area contributed by atoms with E-state index >= 15 is 0 Å². The van der Waals surface area contributed by atoms with E-state index < -0.39 is 5.63 Å². The van der Waals surface area contributed by atoms with Crippen molar-refractivity contribution in [1.29, 1.82) is 0 Å². The summed E-state index contributed by atoms with van der Waals surface area (Å²) >= 11 is 3.48. The van der Waals surface area contributed by atoms with Crippen LogP contribution in [0.5, 0.6) is 11.5 Å². The summed E-state index contributed by atoms with van der Waals surface area (Å²) in [6, 6.07) is 26.9. The molecular weight excluding hydrogens is 482 g/mol. The summed E-state index contributed by atoms with van der Waals surface area (Å²) in [7, 11) is 0. The van der Waals surface area contributed by atoms with Gasteiger partial charge in [-0.3, -0.25) is 0 Å². The lowest BCUT2D eigenvalue weighted by molar-refractivity contribution is 0.174. The van der Waals surface area contributed by atoms with Crippen LogP contribution in [0.15, 0.2) is 98.6 Å². The number of aromatic nitrogens is 1.